The maximum absolute atomic E-state index is 13.0. The van der Waals surface area contributed by atoms with Crippen LogP contribution in [0, 0.1) is 0 Å². The molecule has 0 aliphatic carbocycles. The summed E-state index contributed by atoms with van der Waals surface area (Å²) >= 11 is 0. The van der Waals surface area contributed by atoms with Crippen molar-refractivity contribution in [2.75, 3.05) is 7.05 Å². The zero-order chi connectivity index (χ0) is 21.6. The minimum Gasteiger partial charge on any atom is -0.436 e. The number of oxazole rings is 1. The number of aromatic nitrogens is 2. The molecular formula is C25H24N4O2. The maximum Gasteiger partial charge on any atom is 0.253 e. The van der Waals surface area contributed by atoms with Gasteiger partial charge in [-0.3, -0.25) is 9.78 Å². The molecule has 0 aliphatic rings. The van der Waals surface area contributed by atoms with Crippen molar-refractivity contribution < 1.29 is 9.21 Å². The first-order valence-corrected chi connectivity index (χ1v) is 10.3. The molecule has 1 N–H and O–H groups in total. The molecule has 4 aromatic rings. The average molecular weight is 412 g/mol. The van der Waals surface area contributed by atoms with Gasteiger partial charge in [-0.1, -0.05) is 31.2 Å². The van der Waals surface area contributed by atoms with Gasteiger partial charge >= 0.3 is 0 Å². The molecule has 2 heterocycles. The molecule has 1 unspecified atom stereocenters. The van der Waals surface area contributed by atoms with E-state index in [9.17, 15) is 4.79 Å². The third-order valence-electron chi connectivity index (χ3n) is 5.21. The Morgan fingerprint density at radius 1 is 1.10 bits per heavy atom. The number of amides is 1. The molecule has 6 nitrogen and oxygen atoms in total. The zero-order valence-corrected chi connectivity index (χ0v) is 17.6. The lowest BCUT2D eigenvalue weighted by Crippen LogP contribution is -2.34. The van der Waals surface area contributed by atoms with Crippen molar-refractivity contribution in [2.24, 2.45) is 4.99 Å². The molecule has 0 radical (unpaired) electrons. The van der Waals surface area contributed by atoms with E-state index in [1.165, 1.54) is 0 Å². The Balaban J connectivity index is 1.72. The molecule has 0 aliphatic heterocycles. The predicted octanol–water partition coefficient (Wildman–Crippen LogP) is 5.16. The molecule has 6 heteroatoms. The lowest BCUT2D eigenvalue weighted by atomic mass is 10.0. The molecule has 4 rings (SSSR count). The van der Waals surface area contributed by atoms with Crippen LogP contribution in [0.15, 0.2) is 76.4 Å². The Labute approximate surface area is 181 Å². The van der Waals surface area contributed by atoms with E-state index in [1.54, 1.807) is 25.5 Å². The average Bonchev–Trinajstić information content (AvgIpc) is 3.26. The quantitative estimate of drug-likeness (QED) is 0.425. The van der Waals surface area contributed by atoms with Crippen molar-refractivity contribution in [3.8, 4) is 22.6 Å². The van der Waals surface area contributed by atoms with E-state index in [1.807, 2.05) is 61.7 Å². The number of benzene rings is 2. The molecule has 0 fully saturated rings. The second kappa shape index (κ2) is 9.34. The van der Waals surface area contributed by atoms with Gasteiger partial charge in [-0.2, -0.15) is 0 Å². The maximum atomic E-state index is 13.0. The standard InChI is InChI=1S/C25H24N4O2/c1-3-18(13-14-26-2)28-24(30)21-9-6-10-22-23(21)29-25(31-22)20-8-5-4-7-19(20)17-11-15-27-16-12-17/h4-12,14-16,18H,3,13H2,1-2H3,(H,28,30). The second-order valence-corrected chi connectivity index (χ2v) is 7.21. The lowest BCUT2D eigenvalue weighted by Gasteiger charge is -2.14. The van der Waals surface area contributed by atoms with Gasteiger partial charge < -0.3 is 14.7 Å². The first-order valence-electron chi connectivity index (χ1n) is 10.3. The Kier molecular flexibility index (Phi) is 6.17. The molecule has 0 bridgehead atoms. The minimum atomic E-state index is -0.163. The van der Waals surface area contributed by atoms with Gasteiger partial charge in [-0.25, -0.2) is 4.98 Å². The molecule has 1 amide bonds. The fourth-order valence-electron chi connectivity index (χ4n) is 3.52. The van der Waals surface area contributed by atoms with E-state index in [-0.39, 0.29) is 11.9 Å². The van der Waals surface area contributed by atoms with Crippen molar-refractivity contribution >= 4 is 23.2 Å². The second-order valence-electron chi connectivity index (χ2n) is 7.21. The van der Waals surface area contributed by atoms with Gasteiger partial charge in [-0.05, 0) is 47.9 Å². The van der Waals surface area contributed by atoms with Gasteiger partial charge in [0.2, 0.25) is 5.89 Å². The number of pyridine rings is 1. The molecule has 0 spiro atoms. The summed E-state index contributed by atoms with van der Waals surface area (Å²) in [6.07, 6.45) is 6.84. The largest absolute Gasteiger partial charge is 0.436 e. The molecule has 0 saturated heterocycles. The number of rotatable bonds is 7. The summed E-state index contributed by atoms with van der Waals surface area (Å²) < 4.78 is 6.08. The fraction of sp³-hybridized carbons (Fsp3) is 0.200. The molecule has 1 atom stereocenters. The van der Waals surface area contributed by atoms with Crippen LogP contribution in [0.1, 0.15) is 30.1 Å². The molecule has 31 heavy (non-hydrogen) atoms. The minimum absolute atomic E-state index is 0.0187. The highest BCUT2D eigenvalue weighted by Gasteiger charge is 2.19. The van der Waals surface area contributed by atoms with E-state index >= 15 is 0 Å². The van der Waals surface area contributed by atoms with Gasteiger partial charge in [-0.15, -0.1) is 0 Å². The summed E-state index contributed by atoms with van der Waals surface area (Å²) in [7, 11) is 1.73. The molecule has 0 saturated carbocycles. The SMILES string of the molecule is CCC(CC=NC)NC(=O)c1cccc2oc(-c3ccccc3-c3ccncc3)nc12. The monoisotopic (exact) mass is 412 g/mol. The Morgan fingerprint density at radius 3 is 2.61 bits per heavy atom. The predicted molar refractivity (Wildman–Crippen MR) is 123 cm³/mol. The van der Waals surface area contributed by atoms with Crippen LogP contribution in [0.25, 0.3) is 33.7 Å². The highest BCUT2D eigenvalue weighted by Crippen LogP contribution is 2.33. The number of hydrogen-bond acceptors (Lipinski definition) is 5. The van der Waals surface area contributed by atoms with Gasteiger partial charge in [0.15, 0.2) is 5.58 Å². The molecule has 156 valence electrons. The Hall–Kier alpha value is -3.80. The first-order chi connectivity index (χ1) is 15.2. The summed E-state index contributed by atoms with van der Waals surface area (Å²) in [6, 6.07) is 17.3. The summed E-state index contributed by atoms with van der Waals surface area (Å²) in [5.74, 6) is 0.317. The van der Waals surface area contributed by atoms with Crippen LogP contribution in [-0.4, -0.2) is 35.2 Å². The van der Waals surface area contributed by atoms with Crippen molar-refractivity contribution in [2.45, 2.75) is 25.8 Å². The van der Waals surface area contributed by atoms with Crippen LogP contribution in [0.4, 0.5) is 0 Å². The van der Waals surface area contributed by atoms with Crippen LogP contribution in [-0.2, 0) is 0 Å². The summed E-state index contributed by atoms with van der Waals surface area (Å²) in [6.45, 7) is 2.04. The molecule has 2 aromatic carbocycles. The first kappa shape index (κ1) is 20.5. The van der Waals surface area contributed by atoms with Crippen LogP contribution in [0.3, 0.4) is 0 Å². The third kappa shape index (κ3) is 4.38. The number of aliphatic imine (C=N–C) groups is 1. The van der Waals surface area contributed by atoms with Gasteiger partial charge in [0.05, 0.1) is 5.56 Å². The number of carbonyl (C=O) groups excluding carboxylic acids is 1. The summed E-state index contributed by atoms with van der Waals surface area (Å²) in [5, 5.41) is 3.08. The topological polar surface area (TPSA) is 80.4 Å². The third-order valence-corrected chi connectivity index (χ3v) is 5.21. The van der Waals surface area contributed by atoms with Crippen LogP contribution < -0.4 is 5.32 Å². The smallest absolute Gasteiger partial charge is 0.253 e. The van der Waals surface area contributed by atoms with Crippen LogP contribution in [0.5, 0.6) is 0 Å². The van der Waals surface area contributed by atoms with Crippen molar-refractivity contribution in [3.63, 3.8) is 0 Å². The fourth-order valence-corrected chi connectivity index (χ4v) is 3.52. The molecular weight excluding hydrogens is 388 g/mol. The normalized spacial score (nSPS) is 12.3. The van der Waals surface area contributed by atoms with E-state index in [2.05, 4.69) is 15.3 Å². The van der Waals surface area contributed by atoms with E-state index < -0.39 is 0 Å². The van der Waals surface area contributed by atoms with E-state index in [0.717, 1.165) is 23.1 Å². The Bertz CT molecular complexity index is 1210. The van der Waals surface area contributed by atoms with E-state index in [0.29, 0.717) is 29.0 Å². The number of carbonyl (C=O) groups is 1. The van der Waals surface area contributed by atoms with Gasteiger partial charge in [0.25, 0.3) is 5.91 Å². The number of fused-ring (bicyclic) bond motifs is 1. The van der Waals surface area contributed by atoms with Crippen molar-refractivity contribution in [1.82, 2.24) is 15.3 Å². The summed E-state index contributed by atoms with van der Waals surface area (Å²) in [4.78, 5) is 25.8. The lowest BCUT2D eigenvalue weighted by molar-refractivity contribution is 0.0939. The summed E-state index contributed by atoms with van der Waals surface area (Å²) in [5.41, 5.74) is 4.51. The van der Waals surface area contributed by atoms with E-state index in [4.69, 9.17) is 9.40 Å². The van der Waals surface area contributed by atoms with Crippen LogP contribution in [0.2, 0.25) is 0 Å². The number of para-hydroxylation sites is 1. The van der Waals surface area contributed by atoms with Crippen molar-refractivity contribution in [1.29, 1.82) is 0 Å². The van der Waals surface area contributed by atoms with Crippen molar-refractivity contribution in [3.05, 3.63) is 72.6 Å². The highest BCUT2D eigenvalue weighted by molar-refractivity contribution is 6.05. The molecule has 2 aromatic heterocycles. The van der Waals surface area contributed by atoms with Crippen LogP contribution >= 0.6 is 0 Å². The zero-order valence-electron chi connectivity index (χ0n) is 17.6. The van der Waals surface area contributed by atoms with Gasteiger partial charge in [0, 0.05) is 43.7 Å². The highest BCUT2D eigenvalue weighted by atomic mass is 16.3. The Morgan fingerprint density at radius 2 is 1.87 bits per heavy atom. The number of nitrogens with zero attached hydrogens (tertiary/aromatic N) is 3. The van der Waals surface area contributed by atoms with Gasteiger partial charge in [0.1, 0.15) is 5.52 Å². The number of nitrogens with one attached hydrogen (secondary N) is 1. The number of hydrogen-bond donors (Lipinski definition) is 1.